The van der Waals surface area contributed by atoms with Crippen molar-refractivity contribution in [1.82, 2.24) is 29.3 Å². The second kappa shape index (κ2) is 7.55. The Morgan fingerprint density at radius 1 is 1.13 bits per heavy atom. The predicted molar refractivity (Wildman–Crippen MR) is 116 cm³/mol. The number of aromatic nitrogens is 6. The maximum atomic E-state index is 13.4. The maximum Gasteiger partial charge on any atom is 0.267 e. The van der Waals surface area contributed by atoms with Crippen molar-refractivity contribution in [3.05, 3.63) is 70.6 Å². The van der Waals surface area contributed by atoms with E-state index in [1.165, 1.54) is 11.8 Å². The van der Waals surface area contributed by atoms with Gasteiger partial charge in [0.15, 0.2) is 11.0 Å². The van der Waals surface area contributed by atoms with Crippen LogP contribution < -0.4 is 10.3 Å². The van der Waals surface area contributed by atoms with Crippen molar-refractivity contribution < 1.29 is 9.26 Å². The van der Waals surface area contributed by atoms with Gasteiger partial charge in [0.05, 0.1) is 29.0 Å². The third kappa shape index (κ3) is 3.25. The number of benzene rings is 2. The van der Waals surface area contributed by atoms with Crippen molar-refractivity contribution in [1.29, 1.82) is 0 Å². The SMILES string of the molecule is COc1cccc(-n2c(=O)c3ccccc3n3c(S[C@H](C)c4nc(C)no4)nnc23)c1. The molecule has 0 N–H and O–H groups in total. The van der Waals surface area contributed by atoms with Crippen LogP contribution in [0.4, 0.5) is 0 Å². The second-order valence-electron chi connectivity index (χ2n) is 6.92. The van der Waals surface area contributed by atoms with Gasteiger partial charge in [0.2, 0.25) is 11.7 Å². The van der Waals surface area contributed by atoms with E-state index in [1.54, 1.807) is 30.7 Å². The van der Waals surface area contributed by atoms with E-state index in [9.17, 15) is 4.79 Å². The average Bonchev–Trinajstić information content (AvgIpc) is 3.41. The van der Waals surface area contributed by atoms with Crippen LogP contribution in [-0.2, 0) is 0 Å². The Morgan fingerprint density at radius 3 is 2.74 bits per heavy atom. The molecule has 0 radical (unpaired) electrons. The molecular formula is C21H18N6O3S. The first kappa shape index (κ1) is 19.3. The van der Waals surface area contributed by atoms with Gasteiger partial charge in [-0.2, -0.15) is 4.98 Å². The fourth-order valence-corrected chi connectivity index (χ4v) is 4.31. The van der Waals surface area contributed by atoms with Crippen LogP contribution in [-0.4, -0.2) is 36.4 Å². The highest BCUT2D eigenvalue weighted by Gasteiger charge is 2.22. The zero-order valence-electron chi connectivity index (χ0n) is 17.0. The highest BCUT2D eigenvalue weighted by atomic mass is 32.2. The number of aryl methyl sites for hydroxylation is 1. The van der Waals surface area contributed by atoms with Gasteiger partial charge in [-0.1, -0.05) is 35.1 Å². The predicted octanol–water partition coefficient (Wildman–Crippen LogP) is 3.59. The Hall–Kier alpha value is -3.66. The van der Waals surface area contributed by atoms with E-state index in [1.807, 2.05) is 47.7 Å². The minimum absolute atomic E-state index is 0.149. The molecular weight excluding hydrogens is 416 g/mol. The Morgan fingerprint density at radius 2 is 1.97 bits per heavy atom. The number of hydrogen-bond donors (Lipinski definition) is 0. The summed E-state index contributed by atoms with van der Waals surface area (Å²) in [6.45, 7) is 3.73. The van der Waals surface area contributed by atoms with Gasteiger partial charge in [-0.3, -0.25) is 9.20 Å². The summed E-state index contributed by atoms with van der Waals surface area (Å²) in [6, 6.07) is 14.7. The van der Waals surface area contributed by atoms with Gasteiger partial charge >= 0.3 is 0 Å². The fourth-order valence-electron chi connectivity index (χ4n) is 3.42. The first-order valence-electron chi connectivity index (χ1n) is 9.57. The molecule has 31 heavy (non-hydrogen) atoms. The van der Waals surface area contributed by atoms with Gasteiger partial charge in [-0.25, -0.2) is 4.57 Å². The molecule has 0 aliphatic heterocycles. The number of nitrogens with zero attached hydrogens (tertiary/aromatic N) is 6. The third-order valence-electron chi connectivity index (χ3n) is 4.88. The molecule has 5 rings (SSSR count). The van der Waals surface area contributed by atoms with Crippen LogP contribution in [0.2, 0.25) is 0 Å². The lowest BCUT2D eigenvalue weighted by molar-refractivity contribution is 0.376. The standard InChI is InChI=1S/C21H18N6O3S/c1-12(18-22-13(2)25-30-18)31-21-24-23-20-26(14-7-6-8-15(11-14)29-3)19(28)16-9-4-5-10-17(16)27(20)21/h4-12H,1-3H3/t12-/m1/s1. The van der Waals surface area contributed by atoms with Crippen LogP contribution in [0.1, 0.15) is 23.9 Å². The van der Waals surface area contributed by atoms with E-state index in [4.69, 9.17) is 9.26 Å². The maximum absolute atomic E-state index is 13.4. The average molecular weight is 434 g/mol. The second-order valence-corrected chi connectivity index (χ2v) is 8.23. The van der Waals surface area contributed by atoms with E-state index in [-0.39, 0.29) is 10.8 Å². The van der Waals surface area contributed by atoms with Crippen LogP contribution in [0.25, 0.3) is 22.4 Å². The highest BCUT2D eigenvalue weighted by Crippen LogP contribution is 2.34. The first-order chi connectivity index (χ1) is 15.1. The zero-order chi connectivity index (χ0) is 21.5. The van der Waals surface area contributed by atoms with Crippen LogP contribution in [0.15, 0.2) is 63.0 Å². The normalized spacial score (nSPS) is 12.5. The van der Waals surface area contributed by atoms with Crippen molar-refractivity contribution in [2.45, 2.75) is 24.3 Å². The number of fused-ring (bicyclic) bond motifs is 3. The van der Waals surface area contributed by atoms with Crippen molar-refractivity contribution in [2.75, 3.05) is 7.11 Å². The van der Waals surface area contributed by atoms with E-state index >= 15 is 0 Å². The van der Waals surface area contributed by atoms with E-state index in [0.717, 1.165) is 5.52 Å². The van der Waals surface area contributed by atoms with Crippen LogP contribution in [0, 0.1) is 6.92 Å². The number of para-hydroxylation sites is 1. The molecule has 1 atom stereocenters. The highest BCUT2D eigenvalue weighted by molar-refractivity contribution is 7.99. The molecule has 5 aromatic rings. The molecule has 0 bridgehead atoms. The van der Waals surface area contributed by atoms with Crippen molar-refractivity contribution in [3.63, 3.8) is 0 Å². The molecule has 10 heteroatoms. The Bertz CT molecular complexity index is 1470. The number of rotatable bonds is 5. The summed E-state index contributed by atoms with van der Waals surface area (Å²) in [5, 5.41) is 13.6. The Labute approximate surface area is 180 Å². The summed E-state index contributed by atoms with van der Waals surface area (Å²) in [5.41, 5.74) is 1.19. The molecule has 0 fully saturated rings. The topological polar surface area (TPSA) is 100 Å². The third-order valence-corrected chi connectivity index (χ3v) is 5.91. The molecule has 156 valence electrons. The summed E-state index contributed by atoms with van der Waals surface area (Å²) >= 11 is 1.43. The molecule has 0 amide bonds. The van der Waals surface area contributed by atoms with Crippen LogP contribution in [0.3, 0.4) is 0 Å². The monoisotopic (exact) mass is 434 g/mol. The summed E-state index contributed by atoms with van der Waals surface area (Å²) in [4.78, 5) is 17.7. The van der Waals surface area contributed by atoms with Crippen molar-refractivity contribution in [3.8, 4) is 11.4 Å². The lowest BCUT2D eigenvalue weighted by atomic mass is 10.2. The quantitative estimate of drug-likeness (QED) is 0.387. The summed E-state index contributed by atoms with van der Waals surface area (Å²) < 4.78 is 14.1. The molecule has 2 aromatic carbocycles. The molecule has 3 aromatic heterocycles. The number of thioether (sulfide) groups is 1. The molecule has 0 unspecified atom stereocenters. The summed E-state index contributed by atoms with van der Waals surface area (Å²) in [7, 11) is 1.59. The zero-order valence-corrected chi connectivity index (χ0v) is 17.8. The van der Waals surface area contributed by atoms with Gasteiger partial charge < -0.3 is 9.26 Å². The molecule has 9 nitrogen and oxygen atoms in total. The molecule has 0 saturated carbocycles. The largest absolute Gasteiger partial charge is 0.497 e. The lowest BCUT2D eigenvalue weighted by Crippen LogP contribution is -2.21. The smallest absolute Gasteiger partial charge is 0.267 e. The van der Waals surface area contributed by atoms with Gasteiger partial charge in [0.25, 0.3) is 5.56 Å². The van der Waals surface area contributed by atoms with Crippen LogP contribution >= 0.6 is 11.8 Å². The van der Waals surface area contributed by atoms with E-state index < -0.39 is 0 Å². The molecule has 0 saturated heterocycles. The number of ether oxygens (including phenoxy) is 1. The Kier molecular flexibility index (Phi) is 4.70. The van der Waals surface area contributed by atoms with E-state index in [0.29, 0.717) is 39.5 Å². The minimum Gasteiger partial charge on any atom is -0.497 e. The van der Waals surface area contributed by atoms with Gasteiger partial charge in [0.1, 0.15) is 5.75 Å². The number of hydrogen-bond acceptors (Lipinski definition) is 8. The minimum atomic E-state index is -0.180. The van der Waals surface area contributed by atoms with Crippen molar-refractivity contribution in [2.24, 2.45) is 0 Å². The first-order valence-corrected chi connectivity index (χ1v) is 10.4. The number of methoxy groups -OCH3 is 1. The molecule has 3 heterocycles. The summed E-state index contributed by atoms with van der Waals surface area (Å²) in [6.07, 6.45) is 0. The van der Waals surface area contributed by atoms with Gasteiger partial charge in [-0.05, 0) is 38.1 Å². The fraction of sp³-hybridized carbons (Fsp3) is 0.190. The van der Waals surface area contributed by atoms with Crippen LogP contribution in [0.5, 0.6) is 5.75 Å². The summed E-state index contributed by atoms with van der Waals surface area (Å²) in [5.74, 6) is 2.13. The van der Waals surface area contributed by atoms with Gasteiger partial charge in [0, 0.05) is 6.07 Å². The Balaban J connectivity index is 1.75. The van der Waals surface area contributed by atoms with Crippen molar-refractivity contribution >= 4 is 28.4 Å². The van der Waals surface area contributed by atoms with Gasteiger partial charge in [-0.15, -0.1) is 10.2 Å². The molecule has 0 aliphatic rings. The lowest BCUT2D eigenvalue weighted by Gasteiger charge is -2.12. The molecule has 0 spiro atoms. The van der Waals surface area contributed by atoms with E-state index in [2.05, 4.69) is 20.3 Å². The molecule has 0 aliphatic carbocycles.